The second kappa shape index (κ2) is 6.50. The van der Waals surface area contributed by atoms with Crippen molar-refractivity contribution in [1.82, 2.24) is 15.1 Å². The molecule has 2 aliphatic rings. The Labute approximate surface area is 127 Å². The zero-order chi connectivity index (χ0) is 15.6. The second-order valence-corrected chi connectivity index (χ2v) is 7.18. The summed E-state index contributed by atoms with van der Waals surface area (Å²) < 4.78 is 11.0. The molecule has 0 saturated carbocycles. The van der Waals surface area contributed by atoms with Crippen LogP contribution in [0.2, 0.25) is 0 Å². The van der Waals surface area contributed by atoms with Crippen LogP contribution in [0.3, 0.4) is 0 Å². The molecule has 2 heterocycles. The summed E-state index contributed by atoms with van der Waals surface area (Å²) in [4.78, 5) is 16.2. The molecule has 1 N–H and O–H groups in total. The van der Waals surface area contributed by atoms with Gasteiger partial charge in [0.1, 0.15) is 5.60 Å². The molecule has 0 aromatic carbocycles. The van der Waals surface area contributed by atoms with E-state index in [0.29, 0.717) is 19.1 Å². The number of carbonyl (C=O) groups excluding carboxylic acids is 1. The quantitative estimate of drug-likeness (QED) is 0.840. The number of hydrogen-bond donors (Lipinski definition) is 1. The number of likely N-dealkylation sites (N-methyl/N-ethyl adjacent to an activating group) is 1. The van der Waals surface area contributed by atoms with E-state index in [0.717, 1.165) is 19.5 Å². The lowest BCUT2D eigenvalue weighted by molar-refractivity contribution is 0.0252. The number of nitrogens with one attached hydrogen (secondary N) is 1. The Bertz CT molecular complexity index is 370. The van der Waals surface area contributed by atoms with Crippen LogP contribution in [-0.4, -0.2) is 80.0 Å². The van der Waals surface area contributed by atoms with Gasteiger partial charge in [0, 0.05) is 26.2 Å². The predicted molar refractivity (Wildman–Crippen MR) is 81.4 cm³/mol. The highest BCUT2D eigenvalue weighted by atomic mass is 16.6. The number of carbonyl (C=O) groups is 1. The van der Waals surface area contributed by atoms with Crippen molar-refractivity contribution < 1.29 is 14.3 Å². The first-order valence-electron chi connectivity index (χ1n) is 7.74. The summed E-state index contributed by atoms with van der Waals surface area (Å²) >= 11 is 0. The molecule has 2 unspecified atom stereocenters. The number of amides is 1. The first-order chi connectivity index (χ1) is 9.78. The highest BCUT2D eigenvalue weighted by molar-refractivity contribution is 5.68. The number of nitrogens with zero attached hydrogens (tertiary/aromatic N) is 2. The average molecular weight is 299 g/mol. The monoisotopic (exact) mass is 299 g/mol. The minimum absolute atomic E-state index is 0.0309. The van der Waals surface area contributed by atoms with Gasteiger partial charge in [-0.3, -0.25) is 0 Å². The van der Waals surface area contributed by atoms with Crippen LogP contribution in [0.4, 0.5) is 4.79 Å². The first-order valence-corrected chi connectivity index (χ1v) is 7.74. The van der Waals surface area contributed by atoms with Crippen LogP contribution in [-0.2, 0) is 9.47 Å². The highest BCUT2D eigenvalue weighted by Crippen LogP contribution is 2.19. The fourth-order valence-corrected chi connectivity index (χ4v) is 3.02. The number of ether oxygens (including phenoxy) is 2. The summed E-state index contributed by atoms with van der Waals surface area (Å²) in [7, 11) is 3.84. The first kappa shape index (κ1) is 16.5. The second-order valence-electron chi connectivity index (χ2n) is 7.18. The van der Waals surface area contributed by atoms with Gasteiger partial charge in [0.2, 0.25) is 0 Å². The fraction of sp³-hybridized carbons (Fsp3) is 0.933. The van der Waals surface area contributed by atoms with Crippen LogP contribution < -0.4 is 5.32 Å². The molecule has 0 aromatic heterocycles. The normalized spacial score (nSPS) is 30.9. The van der Waals surface area contributed by atoms with Gasteiger partial charge in [0.05, 0.1) is 18.7 Å². The van der Waals surface area contributed by atoms with Gasteiger partial charge < -0.3 is 24.6 Å². The molecule has 0 spiro atoms. The lowest BCUT2D eigenvalue weighted by Crippen LogP contribution is -2.46. The zero-order valence-electron chi connectivity index (χ0n) is 13.9. The molecule has 0 aliphatic carbocycles. The van der Waals surface area contributed by atoms with Crippen molar-refractivity contribution in [3.63, 3.8) is 0 Å². The Hall–Kier alpha value is -0.850. The van der Waals surface area contributed by atoms with E-state index in [9.17, 15) is 4.79 Å². The smallest absolute Gasteiger partial charge is 0.410 e. The maximum Gasteiger partial charge on any atom is 0.410 e. The third-order valence-electron chi connectivity index (χ3n) is 4.06. The lowest BCUT2D eigenvalue weighted by atomic mass is 10.1. The lowest BCUT2D eigenvalue weighted by Gasteiger charge is -2.24. The molecule has 0 bridgehead atoms. The van der Waals surface area contributed by atoms with Gasteiger partial charge in [-0.15, -0.1) is 0 Å². The maximum absolute atomic E-state index is 12.2. The van der Waals surface area contributed by atoms with E-state index < -0.39 is 5.60 Å². The molecule has 0 aromatic rings. The molecule has 6 nitrogen and oxygen atoms in total. The molecule has 122 valence electrons. The van der Waals surface area contributed by atoms with Crippen molar-refractivity contribution in [1.29, 1.82) is 0 Å². The van der Waals surface area contributed by atoms with Crippen molar-refractivity contribution >= 4 is 6.09 Å². The molecule has 2 aliphatic heterocycles. The molecule has 3 atom stereocenters. The van der Waals surface area contributed by atoms with E-state index in [2.05, 4.69) is 17.3 Å². The van der Waals surface area contributed by atoms with Gasteiger partial charge in [-0.2, -0.15) is 0 Å². The molecule has 6 heteroatoms. The van der Waals surface area contributed by atoms with Crippen molar-refractivity contribution in [2.75, 3.05) is 40.3 Å². The molecule has 2 rings (SSSR count). The number of hydrogen-bond acceptors (Lipinski definition) is 5. The largest absolute Gasteiger partial charge is 0.444 e. The zero-order valence-corrected chi connectivity index (χ0v) is 13.9. The summed E-state index contributed by atoms with van der Waals surface area (Å²) in [6, 6.07) is 0.662. The summed E-state index contributed by atoms with van der Waals surface area (Å²) in [6.45, 7) is 9.08. The SMILES string of the molecule is CO[C@H]1CN(C(=O)OC(C)(C)C)CC1NC1CCN(C)C1. The third kappa shape index (κ3) is 4.56. The standard InChI is InChI=1S/C15H29N3O3/c1-15(2,3)21-14(19)18-9-12(13(10-18)20-5)16-11-6-7-17(4)8-11/h11-13,16H,6-10H2,1-5H3/t11?,12?,13-/m0/s1. The summed E-state index contributed by atoms with van der Waals surface area (Å²) in [6.07, 6.45) is 0.927. The van der Waals surface area contributed by atoms with Gasteiger partial charge in [0.25, 0.3) is 0 Å². The number of methoxy groups -OCH3 is 1. The van der Waals surface area contributed by atoms with Gasteiger partial charge in [-0.05, 0) is 40.8 Å². The maximum atomic E-state index is 12.2. The van der Waals surface area contributed by atoms with Crippen molar-refractivity contribution in [2.45, 2.75) is 51.0 Å². The molecule has 2 fully saturated rings. The number of rotatable bonds is 3. The summed E-state index contributed by atoms with van der Waals surface area (Å²) in [5.41, 5.74) is -0.459. The Morgan fingerprint density at radius 1 is 1.24 bits per heavy atom. The predicted octanol–water partition coefficient (Wildman–Crippen LogP) is 0.914. The molecular weight excluding hydrogens is 270 g/mol. The van der Waals surface area contributed by atoms with E-state index >= 15 is 0 Å². The van der Waals surface area contributed by atoms with Crippen molar-refractivity contribution in [2.24, 2.45) is 0 Å². The van der Waals surface area contributed by atoms with Gasteiger partial charge in [-0.1, -0.05) is 0 Å². The molecule has 0 radical (unpaired) electrons. The molecular formula is C15H29N3O3. The average Bonchev–Trinajstić information content (AvgIpc) is 2.94. The van der Waals surface area contributed by atoms with Crippen LogP contribution in [0.25, 0.3) is 0 Å². The fourth-order valence-electron chi connectivity index (χ4n) is 3.02. The van der Waals surface area contributed by atoms with Gasteiger partial charge in [0.15, 0.2) is 0 Å². The summed E-state index contributed by atoms with van der Waals surface area (Å²) in [5.74, 6) is 0. The Kier molecular flexibility index (Phi) is 5.11. The van der Waals surface area contributed by atoms with Crippen molar-refractivity contribution in [3.8, 4) is 0 Å². The topological polar surface area (TPSA) is 54.0 Å². The number of likely N-dealkylation sites (tertiary alicyclic amines) is 2. The van der Waals surface area contributed by atoms with E-state index in [-0.39, 0.29) is 18.2 Å². The van der Waals surface area contributed by atoms with Crippen LogP contribution in [0.1, 0.15) is 27.2 Å². The van der Waals surface area contributed by atoms with Crippen LogP contribution in [0.5, 0.6) is 0 Å². The molecule has 2 saturated heterocycles. The third-order valence-corrected chi connectivity index (χ3v) is 4.06. The van der Waals surface area contributed by atoms with E-state index in [1.54, 1.807) is 12.0 Å². The van der Waals surface area contributed by atoms with Gasteiger partial charge >= 0.3 is 6.09 Å². The molecule has 21 heavy (non-hydrogen) atoms. The van der Waals surface area contributed by atoms with Crippen LogP contribution in [0, 0.1) is 0 Å². The Balaban J connectivity index is 1.89. The minimum Gasteiger partial charge on any atom is -0.444 e. The van der Waals surface area contributed by atoms with E-state index in [1.165, 1.54) is 0 Å². The highest BCUT2D eigenvalue weighted by Gasteiger charge is 2.38. The van der Waals surface area contributed by atoms with E-state index in [1.807, 2.05) is 20.8 Å². The molecule has 1 amide bonds. The van der Waals surface area contributed by atoms with Crippen LogP contribution >= 0.6 is 0 Å². The Morgan fingerprint density at radius 2 is 1.95 bits per heavy atom. The van der Waals surface area contributed by atoms with E-state index in [4.69, 9.17) is 9.47 Å². The van der Waals surface area contributed by atoms with Gasteiger partial charge in [-0.25, -0.2) is 4.79 Å². The Morgan fingerprint density at radius 3 is 2.48 bits per heavy atom. The minimum atomic E-state index is -0.459. The summed E-state index contributed by atoms with van der Waals surface area (Å²) in [5, 5.41) is 3.64. The van der Waals surface area contributed by atoms with Crippen molar-refractivity contribution in [3.05, 3.63) is 0 Å². The van der Waals surface area contributed by atoms with Crippen LogP contribution in [0.15, 0.2) is 0 Å².